The van der Waals surface area contributed by atoms with E-state index in [-0.39, 0.29) is 17.2 Å². The molecule has 4 rings (SSSR count). The lowest BCUT2D eigenvalue weighted by Gasteiger charge is -2.43. The fourth-order valence-corrected chi connectivity index (χ4v) is 4.88. The average molecular weight is 478 g/mol. The van der Waals surface area contributed by atoms with Gasteiger partial charge in [0.1, 0.15) is 5.54 Å². The second kappa shape index (κ2) is 8.58. The van der Waals surface area contributed by atoms with Gasteiger partial charge >= 0.3 is 0 Å². The molecule has 1 unspecified atom stereocenters. The molecule has 7 nitrogen and oxygen atoms in total. The van der Waals surface area contributed by atoms with Gasteiger partial charge in [0.05, 0.1) is 16.6 Å². The maximum atomic E-state index is 13.6. The summed E-state index contributed by atoms with van der Waals surface area (Å²) in [6, 6.07) is 15.7. The summed E-state index contributed by atoms with van der Waals surface area (Å²) in [4.78, 5) is 27.9. The smallest absolute Gasteiger partial charge is 0.250 e. The Bertz CT molecular complexity index is 1240. The van der Waals surface area contributed by atoms with Crippen LogP contribution in [-0.4, -0.2) is 37.4 Å². The molecular formula is C26H31N5O2S. The Hall–Kier alpha value is -3.13. The van der Waals surface area contributed by atoms with Crippen molar-refractivity contribution >= 4 is 35.0 Å². The molecule has 0 bridgehead atoms. The number of hydrogen-bond donors (Lipinski definition) is 1. The van der Waals surface area contributed by atoms with Gasteiger partial charge in [0.2, 0.25) is 11.8 Å². The van der Waals surface area contributed by atoms with Crippen LogP contribution >= 0.6 is 11.8 Å². The molecule has 3 aromatic rings. The summed E-state index contributed by atoms with van der Waals surface area (Å²) in [7, 11) is 1.90. The molecule has 2 aromatic carbocycles. The Balaban J connectivity index is 1.58. The number of carbonyl (C=O) groups is 2. The number of thioether (sulfide) groups is 1. The van der Waals surface area contributed by atoms with E-state index in [2.05, 4.69) is 60.6 Å². The molecule has 0 aliphatic carbocycles. The van der Waals surface area contributed by atoms with Crippen molar-refractivity contribution < 1.29 is 9.59 Å². The zero-order chi connectivity index (χ0) is 24.8. The molecule has 34 heavy (non-hydrogen) atoms. The van der Waals surface area contributed by atoms with Crippen LogP contribution in [-0.2, 0) is 22.1 Å². The maximum Gasteiger partial charge on any atom is 0.250 e. The van der Waals surface area contributed by atoms with E-state index in [1.807, 2.05) is 36.7 Å². The number of para-hydroxylation sites is 2. The first-order valence-corrected chi connectivity index (χ1v) is 12.2. The minimum absolute atomic E-state index is 0.0764. The summed E-state index contributed by atoms with van der Waals surface area (Å²) in [5.41, 5.74) is 2.61. The SMILES string of the molecule is CC(Sc1nnc(-c2ccc(C(C)(C)C)cc2)n1C)C(=O)N1c2ccccc2NC(=O)C1(C)C. The fourth-order valence-electron chi connectivity index (χ4n) is 4.02. The molecular weight excluding hydrogens is 446 g/mol. The van der Waals surface area contributed by atoms with Crippen molar-refractivity contribution in [3.8, 4) is 11.4 Å². The van der Waals surface area contributed by atoms with Crippen molar-refractivity contribution in [1.29, 1.82) is 0 Å². The molecule has 1 N–H and O–H groups in total. The van der Waals surface area contributed by atoms with Crippen LogP contribution in [0.4, 0.5) is 11.4 Å². The number of amides is 2. The number of aromatic nitrogens is 3. The van der Waals surface area contributed by atoms with Gasteiger partial charge in [-0.05, 0) is 43.9 Å². The van der Waals surface area contributed by atoms with E-state index in [0.29, 0.717) is 16.5 Å². The first-order valence-electron chi connectivity index (χ1n) is 11.3. The topological polar surface area (TPSA) is 80.1 Å². The first kappa shape index (κ1) is 24.0. The van der Waals surface area contributed by atoms with E-state index >= 15 is 0 Å². The number of nitrogens with one attached hydrogen (secondary N) is 1. The number of nitrogens with zero attached hydrogens (tertiary/aromatic N) is 4. The van der Waals surface area contributed by atoms with E-state index in [4.69, 9.17) is 0 Å². The summed E-state index contributed by atoms with van der Waals surface area (Å²) in [5.74, 6) is 0.374. The summed E-state index contributed by atoms with van der Waals surface area (Å²) >= 11 is 1.34. The number of benzene rings is 2. The van der Waals surface area contributed by atoms with Crippen molar-refractivity contribution in [3.05, 3.63) is 54.1 Å². The van der Waals surface area contributed by atoms with Crippen LogP contribution < -0.4 is 10.2 Å². The third kappa shape index (κ3) is 4.22. The number of hydrogen-bond acceptors (Lipinski definition) is 5. The average Bonchev–Trinajstić information content (AvgIpc) is 3.13. The molecule has 178 valence electrons. The zero-order valence-electron chi connectivity index (χ0n) is 20.7. The molecule has 0 radical (unpaired) electrons. The quantitative estimate of drug-likeness (QED) is 0.534. The molecule has 1 aliphatic rings. The predicted molar refractivity (Wildman–Crippen MR) is 137 cm³/mol. The maximum absolute atomic E-state index is 13.6. The van der Waals surface area contributed by atoms with Crippen molar-refractivity contribution in [2.75, 3.05) is 10.2 Å². The van der Waals surface area contributed by atoms with Crippen LogP contribution in [0.25, 0.3) is 11.4 Å². The van der Waals surface area contributed by atoms with E-state index in [9.17, 15) is 9.59 Å². The van der Waals surface area contributed by atoms with Crippen LogP contribution in [0.1, 0.15) is 47.1 Å². The van der Waals surface area contributed by atoms with Crippen LogP contribution in [0.5, 0.6) is 0 Å². The first-order chi connectivity index (χ1) is 15.9. The molecule has 0 fully saturated rings. The van der Waals surface area contributed by atoms with E-state index < -0.39 is 10.8 Å². The molecule has 0 spiro atoms. The van der Waals surface area contributed by atoms with E-state index in [1.165, 1.54) is 17.3 Å². The van der Waals surface area contributed by atoms with Gasteiger partial charge in [-0.15, -0.1) is 10.2 Å². The van der Waals surface area contributed by atoms with Crippen LogP contribution in [0.15, 0.2) is 53.7 Å². The molecule has 1 aliphatic heterocycles. The fraction of sp³-hybridized carbons (Fsp3) is 0.385. The molecule has 0 saturated heterocycles. The standard InChI is InChI=1S/C26H31N5O2S/c1-16(22(32)31-20-11-9-8-10-19(20)27-23(33)26(31,5)6)34-24-29-28-21(30(24)7)17-12-14-18(15-13-17)25(2,3)4/h8-16H,1-7H3,(H,27,33). The van der Waals surface area contributed by atoms with Crippen molar-refractivity contribution in [1.82, 2.24) is 14.8 Å². The van der Waals surface area contributed by atoms with Gasteiger partial charge < -0.3 is 9.88 Å². The number of rotatable bonds is 4. The third-order valence-corrected chi connectivity index (χ3v) is 7.32. The lowest BCUT2D eigenvalue weighted by molar-refractivity contribution is -0.126. The highest BCUT2D eigenvalue weighted by Crippen LogP contribution is 2.39. The second-order valence-electron chi connectivity index (χ2n) is 10.2. The summed E-state index contributed by atoms with van der Waals surface area (Å²) in [6.07, 6.45) is 0. The predicted octanol–water partition coefficient (Wildman–Crippen LogP) is 5.02. The minimum Gasteiger partial charge on any atom is -0.322 e. The minimum atomic E-state index is -1.01. The lowest BCUT2D eigenvalue weighted by atomic mass is 9.87. The molecule has 8 heteroatoms. The Morgan fingerprint density at radius 1 is 1.06 bits per heavy atom. The summed E-state index contributed by atoms with van der Waals surface area (Å²) < 4.78 is 1.91. The van der Waals surface area contributed by atoms with Crippen LogP contribution in [0, 0.1) is 0 Å². The van der Waals surface area contributed by atoms with Gasteiger partial charge in [0, 0.05) is 12.6 Å². The Kier molecular flexibility index (Phi) is 6.06. The van der Waals surface area contributed by atoms with Crippen molar-refractivity contribution in [3.63, 3.8) is 0 Å². The van der Waals surface area contributed by atoms with E-state index in [0.717, 1.165) is 11.4 Å². The monoisotopic (exact) mass is 477 g/mol. The third-order valence-electron chi connectivity index (χ3n) is 6.20. The van der Waals surface area contributed by atoms with Gasteiger partial charge in [0.25, 0.3) is 0 Å². The van der Waals surface area contributed by atoms with Gasteiger partial charge in [-0.2, -0.15) is 0 Å². The number of fused-ring (bicyclic) bond motifs is 1. The van der Waals surface area contributed by atoms with Crippen molar-refractivity contribution in [2.45, 2.75) is 62.9 Å². The zero-order valence-corrected chi connectivity index (χ0v) is 21.5. The summed E-state index contributed by atoms with van der Waals surface area (Å²) in [6.45, 7) is 11.9. The molecule has 2 heterocycles. The highest BCUT2D eigenvalue weighted by molar-refractivity contribution is 8.00. The Morgan fingerprint density at radius 2 is 1.71 bits per heavy atom. The highest BCUT2D eigenvalue weighted by atomic mass is 32.2. The second-order valence-corrected chi connectivity index (χ2v) is 11.5. The Morgan fingerprint density at radius 3 is 2.35 bits per heavy atom. The van der Waals surface area contributed by atoms with Gasteiger partial charge in [-0.1, -0.05) is 68.9 Å². The van der Waals surface area contributed by atoms with Crippen molar-refractivity contribution in [2.24, 2.45) is 7.05 Å². The summed E-state index contributed by atoms with van der Waals surface area (Å²) in [5, 5.41) is 11.8. The van der Waals surface area contributed by atoms with Gasteiger partial charge in [-0.3, -0.25) is 14.5 Å². The molecule has 1 atom stereocenters. The van der Waals surface area contributed by atoms with Crippen LogP contribution in [0.3, 0.4) is 0 Å². The normalized spacial score (nSPS) is 16.1. The highest BCUT2D eigenvalue weighted by Gasteiger charge is 2.45. The van der Waals surface area contributed by atoms with Gasteiger partial charge in [0.15, 0.2) is 11.0 Å². The largest absolute Gasteiger partial charge is 0.322 e. The van der Waals surface area contributed by atoms with E-state index in [1.54, 1.807) is 24.8 Å². The molecule has 0 saturated carbocycles. The molecule has 2 amide bonds. The lowest BCUT2D eigenvalue weighted by Crippen LogP contribution is -2.60. The number of anilines is 2. The molecule has 1 aromatic heterocycles. The number of carbonyl (C=O) groups excluding carboxylic acids is 2. The van der Waals surface area contributed by atoms with Crippen LogP contribution in [0.2, 0.25) is 0 Å². The Labute approximate surface area is 205 Å². The van der Waals surface area contributed by atoms with Gasteiger partial charge in [-0.25, -0.2) is 0 Å².